The Morgan fingerprint density at radius 2 is 1.88 bits per heavy atom. The number of nitrogens with one attached hydrogen (secondary N) is 1. The molecule has 1 amide bonds. The lowest BCUT2D eigenvalue weighted by Crippen LogP contribution is -2.13. The summed E-state index contributed by atoms with van der Waals surface area (Å²) in [6, 6.07) is 6.73. The molecular weight excluding hydrogens is 314 g/mol. The highest BCUT2D eigenvalue weighted by atomic mass is 16.5. The molecule has 0 fully saturated rings. The fourth-order valence-electron chi connectivity index (χ4n) is 2.02. The van der Waals surface area contributed by atoms with Crippen LogP contribution in [0.4, 0.5) is 6.01 Å². The molecule has 1 aromatic carbocycles. The van der Waals surface area contributed by atoms with Crippen LogP contribution < -0.4 is 14.8 Å². The van der Waals surface area contributed by atoms with Gasteiger partial charge in [0.15, 0.2) is 5.69 Å². The van der Waals surface area contributed by atoms with Crippen molar-refractivity contribution in [2.24, 2.45) is 7.05 Å². The molecule has 0 radical (unpaired) electrons. The average Bonchev–Trinajstić information content (AvgIpc) is 3.23. The first-order valence-electron chi connectivity index (χ1n) is 6.97. The van der Waals surface area contributed by atoms with Crippen LogP contribution >= 0.6 is 0 Å². The number of carbonyl (C=O) groups excluding carboxylic acids is 1. The molecule has 0 aliphatic carbocycles. The lowest BCUT2D eigenvalue weighted by molar-refractivity contribution is 0.101. The molecule has 124 valence electrons. The molecule has 3 aromatic rings. The molecule has 0 saturated carbocycles. The number of aromatic nitrogens is 4. The van der Waals surface area contributed by atoms with E-state index in [-0.39, 0.29) is 17.6 Å². The minimum atomic E-state index is -0.436. The van der Waals surface area contributed by atoms with Gasteiger partial charge in [-0.05, 0) is 18.2 Å². The Balaban J connectivity index is 1.81. The SMILES string of the molecule is COc1cc(OC)cc(-c2nnc(NC(=O)c3ccn(C)n3)o2)c1. The van der Waals surface area contributed by atoms with Gasteiger partial charge in [-0.25, -0.2) is 0 Å². The zero-order valence-electron chi connectivity index (χ0n) is 13.3. The Labute approximate surface area is 137 Å². The Hall–Kier alpha value is -3.36. The van der Waals surface area contributed by atoms with E-state index >= 15 is 0 Å². The van der Waals surface area contributed by atoms with Gasteiger partial charge in [-0.15, -0.1) is 5.10 Å². The molecular formula is C15H15N5O4. The molecule has 3 rings (SSSR count). The van der Waals surface area contributed by atoms with Crippen molar-refractivity contribution < 1.29 is 18.7 Å². The maximum atomic E-state index is 12.0. The lowest BCUT2D eigenvalue weighted by atomic mass is 10.2. The number of ether oxygens (including phenoxy) is 2. The quantitative estimate of drug-likeness (QED) is 0.760. The van der Waals surface area contributed by atoms with Gasteiger partial charge in [0.2, 0.25) is 5.89 Å². The first-order valence-corrected chi connectivity index (χ1v) is 6.97. The van der Waals surface area contributed by atoms with E-state index in [0.29, 0.717) is 17.1 Å². The van der Waals surface area contributed by atoms with Crippen LogP contribution in [0.15, 0.2) is 34.9 Å². The summed E-state index contributed by atoms with van der Waals surface area (Å²) in [5, 5.41) is 14.2. The summed E-state index contributed by atoms with van der Waals surface area (Å²) in [7, 11) is 4.81. The number of hydrogen-bond acceptors (Lipinski definition) is 7. The minimum absolute atomic E-state index is 0.0255. The third-order valence-electron chi connectivity index (χ3n) is 3.19. The van der Waals surface area contributed by atoms with Crippen LogP contribution in [0.1, 0.15) is 10.5 Å². The van der Waals surface area contributed by atoms with Crippen LogP contribution in [0, 0.1) is 0 Å². The standard InChI is InChI=1S/C15H15N5O4/c1-20-5-4-12(19-20)13(21)16-15-18-17-14(24-15)9-6-10(22-2)8-11(7-9)23-3/h4-8H,1-3H3,(H,16,18,21). The Morgan fingerprint density at radius 3 is 2.46 bits per heavy atom. The number of methoxy groups -OCH3 is 2. The predicted molar refractivity (Wildman–Crippen MR) is 84.0 cm³/mol. The molecule has 9 heteroatoms. The lowest BCUT2D eigenvalue weighted by Gasteiger charge is -2.05. The molecule has 2 aromatic heterocycles. The van der Waals surface area contributed by atoms with Gasteiger partial charge in [-0.1, -0.05) is 5.10 Å². The highest BCUT2D eigenvalue weighted by Crippen LogP contribution is 2.29. The van der Waals surface area contributed by atoms with Gasteiger partial charge in [0, 0.05) is 24.9 Å². The third-order valence-corrected chi connectivity index (χ3v) is 3.19. The maximum absolute atomic E-state index is 12.0. The third kappa shape index (κ3) is 3.19. The van der Waals surface area contributed by atoms with Crippen LogP contribution in [0.2, 0.25) is 0 Å². The summed E-state index contributed by atoms with van der Waals surface area (Å²) in [5.41, 5.74) is 0.859. The molecule has 0 aliphatic rings. The van der Waals surface area contributed by atoms with Crippen molar-refractivity contribution in [2.45, 2.75) is 0 Å². The van der Waals surface area contributed by atoms with E-state index in [4.69, 9.17) is 13.9 Å². The summed E-state index contributed by atoms with van der Waals surface area (Å²) < 4.78 is 17.4. The van der Waals surface area contributed by atoms with Crippen molar-refractivity contribution in [3.63, 3.8) is 0 Å². The zero-order chi connectivity index (χ0) is 17.1. The van der Waals surface area contributed by atoms with Crippen LogP contribution in [0.25, 0.3) is 11.5 Å². The van der Waals surface area contributed by atoms with E-state index in [1.165, 1.54) is 4.68 Å². The van der Waals surface area contributed by atoms with Gasteiger partial charge in [0.25, 0.3) is 5.91 Å². The molecule has 0 bridgehead atoms. The van der Waals surface area contributed by atoms with Crippen LogP contribution in [-0.2, 0) is 7.05 Å². The van der Waals surface area contributed by atoms with Gasteiger partial charge in [0.05, 0.1) is 14.2 Å². The normalized spacial score (nSPS) is 10.5. The van der Waals surface area contributed by atoms with Crippen LogP contribution in [-0.4, -0.2) is 40.1 Å². The highest BCUT2D eigenvalue weighted by Gasteiger charge is 2.15. The van der Waals surface area contributed by atoms with E-state index in [2.05, 4.69) is 20.6 Å². The topological polar surface area (TPSA) is 104 Å². The van der Waals surface area contributed by atoms with Crippen molar-refractivity contribution >= 4 is 11.9 Å². The van der Waals surface area contributed by atoms with Gasteiger partial charge >= 0.3 is 6.01 Å². The maximum Gasteiger partial charge on any atom is 0.322 e. The number of benzene rings is 1. The van der Waals surface area contributed by atoms with Crippen molar-refractivity contribution in [1.29, 1.82) is 0 Å². The summed E-state index contributed by atoms with van der Waals surface area (Å²) in [5.74, 6) is 0.959. The zero-order valence-corrected chi connectivity index (χ0v) is 13.3. The number of hydrogen-bond donors (Lipinski definition) is 1. The Morgan fingerprint density at radius 1 is 1.17 bits per heavy atom. The fraction of sp³-hybridized carbons (Fsp3) is 0.200. The van der Waals surface area contributed by atoms with E-state index in [1.54, 1.807) is 51.7 Å². The number of aryl methyl sites for hydroxylation is 1. The van der Waals surface area contributed by atoms with Crippen LogP contribution in [0.3, 0.4) is 0 Å². The molecule has 0 spiro atoms. The minimum Gasteiger partial charge on any atom is -0.497 e. The number of rotatable bonds is 5. The number of amides is 1. The second-order valence-corrected chi connectivity index (χ2v) is 4.84. The van der Waals surface area contributed by atoms with Crippen molar-refractivity contribution in [3.05, 3.63) is 36.2 Å². The van der Waals surface area contributed by atoms with Gasteiger partial charge in [0.1, 0.15) is 11.5 Å². The van der Waals surface area contributed by atoms with Crippen LogP contribution in [0.5, 0.6) is 11.5 Å². The van der Waals surface area contributed by atoms with Crippen molar-refractivity contribution in [3.8, 4) is 23.0 Å². The van der Waals surface area contributed by atoms with Gasteiger partial charge < -0.3 is 13.9 Å². The van der Waals surface area contributed by atoms with E-state index in [0.717, 1.165) is 0 Å². The largest absolute Gasteiger partial charge is 0.497 e. The molecule has 9 nitrogen and oxygen atoms in total. The molecule has 2 heterocycles. The Bertz CT molecular complexity index is 848. The molecule has 0 unspecified atom stereocenters. The smallest absolute Gasteiger partial charge is 0.322 e. The summed E-state index contributed by atoms with van der Waals surface area (Å²) in [4.78, 5) is 12.0. The van der Waals surface area contributed by atoms with Gasteiger partial charge in [-0.2, -0.15) is 5.10 Å². The number of carbonyl (C=O) groups is 1. The van der Waals surface area contributed by atoms with E-state index in [1.807, 2.05) is 0 Å². The highest BCUT2D eigenvalue weighted by molar-refractivity contribution is 6.01. The fourth-order valence-corrected chi connectivity index (χ4v) is 2.02. The molecule has 0 aliphatic heterocycles. The average molecular weight is 329 g/mol. The van der Waals surface area contributed by atoms with E-state index in [9.17, 15) is 4.79 Å². The monoisotopic (exact) mass is 329 g/mol. The summed E-state index contributed by atoms with van der Waals surface area (Å²) in [6.45, 7) is 0. The second-order valence-electron chi connectivity index (χ2n) is 4.84. The molecule has 0 atom stereocenters. The van der Waals surface area contributed by atoms with Crippen molar-refractivity contribution in [1.82, 2.24) is 20.0 Å². The van der Waals surface area contributed by atoms with Gasteiger partial charge in [-0.3, -0.25) is 14.8 Å². The Kier molecular flexibility index (Phi) is 4.15. The molecule has 1 N–H and O–H groups in total. The van der Waals surface area contributed by atoms with E-state index < -0.39 is 5.91 Å². The summed E-state index contributed by atoms with van der Waals surface area (Å²) >= 11 is 0. The first kappa shape index (κ1) is 15.5. The second kappa shape index (κ2) is 6.41. The first-order chi connectivity index (χ1) is 11.6. The molecule has 0 saturated heterocycles. The summed E-state index contributed by atoms with van der Waals surface area (Å²) in [6.07, 6.45) is 1.66. The number of nitrogens with zero attached hydrogens (tertiary/aromatic N) is 4. The van der Waals surface area contributed by atoms with Crippen molar-refractivity contribution in [2.75, 3.05) is 19.5 Å². The molecule has 24 heavy (non-hydrogen) atoms. The predicted octanol–water partition coefficient (Wildman–Crippen LogP) is 1.74. The number of anilines is 1.